The molecule has 6 heterocycles. The highest BCUT2D eigenvalue weighted by Gasteiger charge is 2.49. The Bertz CT molecular complexity index is 3880. The number of fused-ring (bicyclic) bond motifs is 3. The predicted octanol–water partition coefficient (Wildman–Crippen LogP) is 6.64. The lowest BCUT2D eigenvalue weighted by Crippen LogP contribution is -2.35. The Hall–Kier alpha value is -6.42. The number of unbranched alkanes of at least 4 members (excludes halogenated alkanes) is 1. The van der Waals surface area contributed by atoms with Crippen LogP contribution in [0.2, 0.25) is 0 Å². The first-order valence-corrected chi connectivity index (χ1v) is 32.8. The van der Waals surface area contributed by atoms with Gasteiger partial charge in [0.15, 0.2) is 29.1 Å². The largest absolute Gasteiger partial charge is 0.488 e. The lowest BCUT2D eigenvalue weighted by molar-refractivity contribution is -0.438. The Kier molecular flexibility index (Phi) is 18.7. The quantitative estimate of drug-likeness (QED) is 0.0169. The summed E-state index contributed by atoms with van der Waals surface area (Å²) < 4.78 is 102. The van der Waals surface area contributed by atoms with E-state index in [9.17, 15) is 52.3 Å². The van der Waals surface area contributed by atoms with E-state index in [4.69, 9.17) is 33.7 Å². The molecule has 0 amide bonds. The third kappa shape index (κ3) is 13.9. The molecule has 464 valence electrons. The summed E-state index contributed by atoms with van der Waals surface area (Å²) in [5.74, 6) is 0.427. The number of benzene rings is 4. The zero-order valence-electron chi connectivity index (χ0n) is 48.3. The molecule has 0 saturated carbocycles. The number of aliphatic hydroxyl groups is 4. The van der Waals surface area contributed by atoms with Crippen molar-refractivity contribution < 1.29 is 93.8 Å². The molecular formula is C59H71N7O18P2S+2. The minimum atomic E-state index is -5.47. The van der Waals surface area contributed by atoms with E-state index in [1.165, 1.54) is 27.9 Å². The fourth-order valence-electron chi connectivity index (χ4n) is 11.3. The summed E-state index contributed by atoms with van der Waals surface area (Å²) in [6.07, 6.45) is 0.493. The van der Waals surface area contributed by atoms with E-state index < -0.39 is 93.5 Å². The van der Waals surface area contributed by atoms with Gasteiger partial charge in [-0.2, -0.15) is 21.9 Å². The minimum absolute atomic E-state index is 0.0416. The van der Waals surface area contributed by atoms with E-state index in [1.807, 2.05) is 42.5 Å². The SMILES string of the molecule is CCCC[N+]1=C(/C=C/c2ccc(OCc3ccc(O[C@H]4O[C@H](COP(=O)(O)OP(=O)(O)OCC5O[C@@H](n6cnc7c(N)ncnc76)[C@H](O)[C@@H]5O)[C@@H](O)[C@H]4O)cc3)c(/C=C/C3=[N+](CCCS(=O)(=O)O)c4ccccc4C3(C)C)c2)C(C)(C)c2ccccc21. The molecule has 2 fully saturated rings. The summed E-state index contributed by atoms with van der Waals surface area (Å²) in [4.78, 5) is 32.7. The summed E-state index contributed by atoms with van der Waals surface area (Å²) in [6.45, 7) is 10.4. The molecule has 4 aliphatic heterocycles. The third-order valence-corrected chi connectivity index (χ3v) is 19.3. The van der Waals surface area contributed by atoms with E-state index in [2.05, 4.69) is 112 Å². The van der Waals surface area contributed by atoms with Crippen LogP contribution in [0.1, 0.15) is 87.9 Å². The number of ether oxygens (including phenoxy) is 4. The molecule has 6 aromatic rings. The first-order chi connectivity index (χ1) is 41.2. The lowest BCUT2D eigenvalue weighted by atomic mass is 9.81. The zero-order chi connectivity index (χ0) is 62.2. The van der Waals surface area contributed by atoms with Crippen molar-refractivity contribution in [3.8, 4) is 11.5 Å². The van der Waals surface area contributed by atoms with E-state index in [0.717, 1.165) is 59.4 Å². The van der Waals surface area contributed by atoms with Gasteiger partial charge in [-0.25, -0.2) is 24.1 Å². The second kappa shape index (κ2) is 25.6. The standard InChI is InChI=1S/C59H69N7O18P2S/c1-6-7-27-64-42-15-10-8-13-40(42)58(2,3)47(64)25-20-36-19-24-44(38(30-36)21-26-48-59(4,5)41-14-9-11-16-43(41)65(48)28-12-29-87(75,76)77)78-31-37-17-22-39(23-18-37)81-57-53(70)51(68)46(83-57)33-80-86(73,74)84-85(71,72)79-32-45-50(67)52(69)56(82-45)66-35-63-49-54(60)61-34-62-55(49)66/h8-11,13-26,30,34-35,45-46,50-53,56-57,67-70H,6-7,12,27-29,31-33H2,1-5H3,(H3-2,60,61,62,71,72,73,74,75,76,77)/p+2/b25-20+,26-21+/t45?,46-,50-,51-,52-,53-,56-,57+/m1/s1. The van der Waals surface area contributed by atoms with Crippen molar-refractivity contribution in [2.45, 2.75) is 120 Å². The van der Waals surface area contributed by atoms with Gasteiger partial charge in [0.05, 0.1) is 36.1 Å². The number of hydrogen-bond donors (Lipinski definition) is 8. The Morgan fingerprint density at radius 3 is 1.93 bits per heavy atom. The number of phosphoric ester groups is 2. The number of nitrogen functional groups attached to an aromatic ring is 1. The van der Waals surface area contributed by atoms with Crippen LogP contribution >= 0.6 is 15.6 Å². The maximum absolute atomic E-state index is 12.9. The molecule has 4 aromatic carbocycles. The van der Waals surface area contributed by atoms with E-state index in [1.54, 1.807) is 24.3 Å². The number of hydrogen-bond acceptors (Lipinski definition) is 19. The molecule has 10 rings (SSSR count). The molecule has 25 nitrogen and oxygen atoms in total. The number of phosphoric acid groups is 2. The zero-order valence-corrected chi connectivity index (χ0v) is 50.9. The predicted molar refractivity (Wildman–Crippen MR) is 319 cm³/mol. The minimum Gasteiger partial charge on any atom is -0.488 e. The molecule has 3 unspecified atom stereocenters. The molecule has 0 bridgehead atoms. The average Bonchev–Trinajstić information content (AvgIpc) is 1.66. The second-order valence-corrected chi connectivity index (χ2v) is 27.2. The van der Waals surface area contributed by atoms with Crippen LogP contribution in [0.25, 0.3) is 23.3 Å². The van der Waals surface area contributed by atoms with Gasteiger partial charge in [0, 0.05) is 53.8 Å². The Morgan fingerprint density at radius 2 is 1.31 bits per heavy atom. The van der Waals surface area contributed by atoms with Crippen LogP contribution in [0.3, 0.4) is 0 Å². The Labute approximate surface area is 502 Å². The van der Waals surface area contributed by atoms with Crippen molar-refractivity contribution in [2.24, 2.45) is 0 Å². The molecule has 0 spiro atoms. The smallest absolute Gasteiger partial charge is 0.481 e. The van der Waals surface area contributed by atoms with Gasteiger partial charge in [-0.3, -0.25) is 18.2 Å². The molecular weight excluding hydrogens is 1190 g/mol. The van der Waals surface area contributed by atoms with Crippen LogP contribution in [0, 0.1) is 0 Å². The molecule has 2 saturated heterocycles. The van der Waals surface area contributed by atoms with Gasteiger partial charge in [-0.15, -0.1) is 0 Å². The van der Waals surface area contributed by atoms with Crippen LogP contribution in [0.5, 0.6) is 11.5 Å². The average molecular weight is 1260 g/mol. The van der Waals surface area contributed by atoms with E-state index in [0.29, 0.717) is 12.3 Å². The number of allylic oxidation sites excluding steroid dienone is 2. The Morgan fingerprint density at radius 1 is 0.724 bits per heavy atom. The van der Waals surface area contributed by atoms with Crippen molar-refractivity contribution in [2.75, 3.05) is 37.8 Å². The maximum Gasteiger partial charge on any atom is 0.481 e. The highest BCUT2D eigenvalue weighted by molar-refractivity contribution is 7.85. The molecule has 87 heavy (non-hydrogen) atoms. The Balaban J connectivity index is 0.792. The molecule has 9 N–H and O–H groups in total. The van der Waals surface area contributed by atoms with Gasteiger partial charge >= 0.3 is 15.6 Å². The highest BCUT2D eigenvalue weighted by atomic mass is 32.2. The maximum atomic E-state index is 12.9. The van der Waals surface area contributed by atoms with Gasteiger partial charge < -0.3 is 54.9 Å². The van der Waals surface area contributed by atoms with Gasteiger partial charge in [0.2, 0.25) is 17.7 Å². The normalized spacial score (nSPS) is 24.7. The summed E-state index contributed by atoms with van der Waals surface area (Å²) in [5, 5.41) is 43.0. The lowest BCUT2D eigenvalue weighted by Gasteiger charge is -2.20. The van der Waals surface area contributed by atoms with Crippen molar-refractivity contribution in [3.05, 3.63) is 144 Å². The van der Waals surface area contributed by atoms with Crippen LogP contribution < -0.4 is 15.2 Å². The monoisotopic (exact) mass is 1260 g/mol. The van der Waals surface area contributed by atoms with Gasteiger partial charge in [0.25, 0.3) is 10.1 Å². The van der Waals surface area contributed by atoms with Crippen LogP contribution in [0.15, 0.2) is 116 Å². The number of nitrogens with two attached hydrogens (primary N) is 1. The van der Waals surface area contributed by atoms with Crippen LogP contribution in [0.4, 0.5) is 17.2 Å². The summed E-state index contributed by atoms with van der Waals surface area (Å²) in [6, 6.07) is 29.1. The summed E-state index contributed by atoms with van der Waals surface area (Å²) in [7, 11) is -15.1. The van der Waals surface area contributed by atoms with Crippen molar-refractivity contribution >= 4 is 77.7 Å². The van der Waals surface area contributed by atoms with Crippen LogP contribution in [-0.4, -0.2) is 158 Å². The van der Waals surface area contributed by atoms with Crippen molar-refractivity contribution in [3.63, 3.8) is 0 Å². The first-order valence-electron chi connectivity index (χ1n) is 28.2. The van der Waals surface area contributed by atoms with Crippen molar-refractivity contribution in [1.29, 1.82) is 0 Å². The van der Waals surface area contributed by atoms with Gasteiger partial charge in [-0.1, -0.05) is 67.9 Å². The number of aliphatic hydroxyl groups excluding tert-OH is 4. The summed E-state index contributed by atoms with van der Waals surface area (Å²) in [5.41, 5.74) is 14.5. The van der Waals surface area contributed by atoms with Crippen LogP contribution in [-0.2, 0) is 59.5 Å². The third-order valence-electron chi connectivity index (χ3n) is 15.9. The van der Waals surface area contributed by atoms with Crippen molar-refractivity contribution in [1.82, 2.24) is 19.5 Å². The van der Waals surface area contributed by atoms with E-state index in [-0.39, 0.29) is 46.9 Å². The van der Waals surface area contributed by atoms with Gasteiger partial charge in [-0.05, 0) is 75.2 Å². The molecule has 0 aliphatic carbocycles. The molecule has 4 aliphatic rings. The van der Waals surface area contributed by atoms with E-state index >= 15 is 0 Å². The highest BCUT2D eigenvalue weighted by Crippen LogP contribution is 2.61. The fraction of sp³-hybridized carbons (Fsp3) is 0.407. The molecule has 10 atom stereocenters. The number of rotatable bonds is 25. The summed E-state index contributed by atoms with van der Waals surface area (Å²) >= 11 is 0. The molecule has 28 heteroatoms. The first kappa shape index (κ1) is 63.6. The topological polar surface area (TPSA) is 350 Å². The number of aromatic nitrogens is 4. The van der Waals surface area contributed by atoms with Gasteiger partial charge in [0.1, 0.15) is 79.7 Å². The number of nitrogens with zero attached hydrogens (tertiary/aromatic N) is 6. The molecule has 0 radical (unpaired) electrons. The second-order valence-electron chi connectivity index (χ2n) is 22.6. The fourth-order valence-corrected chi connectivity index (χ4v) is 13.9. The number of anilines is 1. The molecule has 2 aromatic heterocycles. The number of imidazole rings is 1. The number of para-hydroxylation sites is 2.